The number of benzene rings is 3. The Hall–Kier alpha value is -5.51. The zero-order chi connectivity index (χ0) is 32.1. The molecule has 3 amide bonds. The summed E-state index contributed by atoms with van der Waals surface area (Å²) in [5.74, 6) is 1.20. The van der Waals surface area contributed by atoms with Crippen molar-refractivity contribution in [3.63, 3.8) is 0 Å². The fraction of sp³-hybridized carbons (Fsp3) is 0.229. The number of nitrogens with one attached hydrogen (secondary N) is 3. The van der Waals surface area contributed by atoms with Gasteiger partial charge in [-0.25, -0.2) is 9.48 Å². The number of nitrogens with zero attached hydrogens (tertiary/aromatic N) is 3. The van der Waals surface area contributed by atoms with Gasteiger partial charge in [-0.1, -0.05) is 62.7 Å². The molecule has 230 valence electrons. The predicted octanol–water partition coefficient (Wildman–Crippen LogP) is 6.71. The van der Waals surface area contributed by atoms with Gasteiger partial charge < -0.3 is 15.4 Å². The van der Waals surface area contributed by atoms with Gasteiger partial charge in [0, 0.05) is 34.5 Å². The number of hydrogen-bond donors (Lipinski definition) is 3. The normalized spacial score (nSPS) is 11.2. The van der Waals surface area contributed by atoms with E-state index in [9.17, 15) is 14.4 Å². The molecule has 45 heavy (non-hydrogen) atoms. The van der Waals surface area contributed by atoms with Crippen LogP contribution < -0.4 is 20.7 Å². The first-order valence-electron chi connectivity index (χ1n) is 14.6. The highest BCUT2D eigenvalue weighted by Crippen LogP contribution is 2.35. The molecule has 0 aliphatic heterocycles. The summed E-state index contributed by atoms with van der Waals surface area (Å²) < 4.78 is 7.95. The fourth-order valence-corrected chi connectivity index (χ4v) is 4.65. The van der Waals surface area contributed by atoms with Crippen molar-refractivity contribution in [1.82, 2.24) is 20.1 Å². The number of anilines is 2. The summed E-state index contributed by atoms with van der Waals surface area (Å²) in [5, 5.41) is 14.9. The smallest absolute Gasteiger partial charge is 0.324 e. The SMILES string of the molecule is CC(=O)CNC(=O)Cc1cc(Oc2ccc(NC(=O)Nc3cc(C(C)(C)C)nn3-c3ccc(C)cc3)c3ccccc23)ccn1. The molecular weight excluding hydrogens is 568 g/mol. The number of aromatic nitrogens is 3. The van der Waals surface area contributed by atoms with E-state index in [4.69, 9.17) is 9.84 Å². The van der Waals surface area contributed by atoms with E-state index in [0.29, 0.717) is 28.7 Å². The first kappa shape index (κ1) is 30.9. The number of aryl methyl sites for hydroxylation is 1. The summed E-state index contributed by atoms with van der Waals surface area (Å²) in [6.45, 7) is 9.65. The molecule has 0 saturated heterocycles. The van der Waals surface area contributed by atoms with Crippen LogP contribution in [-0.4, -0.2) is 39.0 Å². The number of urea groups is 1. The van der Waals surface area contributed by atoms with Gasteiger partial charge in [0.15, 0.2) is 0 Å². The summed E-state index contributed by atoms with van der Waals surface area (Å²) in [4.78, 5) is 40.9. The van der Waals surface area contributed by atoms with Crippen molar-refractivity contribution >= 4 is 40.0 Å². The van der Waals surface area contributed by atoms with Crippen LogP contribution in [0, 0.1) is 6.92 Å². The number of carbonyl (C=O) groups is 3. The number of rotatable bonds is 9. The summed E-state index contributed by atoms with van der Waals surface area (Å²) in [5.41, 5.74) is 3.71. The molecule has 0 bridgehead atoms. The van der Waals surface area contributed by atoms with Gasteiger partial charge in [-0.3, -0.25) is 19.9 Å². The summed E-state index contributed by atoms with van der Waals surface area (Å²) in [6, 6.07) is 24.0. The second-order valence-electron chi connectivity index (χ2n) is 11.9. The van der Waals surface area contributed by atoms with Gasteiger partial charge in [0.2, 0.25) is 5.91 Å². The van der Waals surface area contributed by atoms with Crippen LogP contribution in [0.4, 0.5) is 16.3 Å². The lowest BCUT2D eigenvalue weighted by molar-refractivity contribution is -0.124. The molecule has 10 nitrogen and oxygen atoms in total. The molecule has 0 atom stereocenters. The maximum absolute atomic E-state index is 13.4. The molecule has 3 aromatic carbocycles. The van der Waals surface area contributed by atoms with Crippen LogP contribution in [0.2, 0.25) is 0 Å². The Labute approximate surface area is 261 Å². The van der Waals surface area contributed by atoms with Crippen LogP contribution in [0.25, 0.3) is 16.5 Å². The summed E-state index contributed by atoms with van der Waals surface area (Å²) in [7, 11) is 0. The van der Waals surface area contributed by atoms with Crippen LogP contribution in [0.5, 0.6) is 11.5 Å². The van der Waals surface area contributed by atoms with Gasteiger partial charge >= 0.3 is 6.03 Å². The Bertz CT molecular complexity index is 1870. The Morgan fingerprint density at radius 3 is 2.33 bits per heavy atom. The van der Waals surface area contributed by atoms with Crippen molar-refractivity contribution in [1.29, 1.82) is 0 Å². The minimum Gasteiger partial charge on any atom is -0.457 e. The average Bonchev–Trinajstić information content (AvgIpc) is 3.42. The maximum Gasteiger partial charge on any atom is 0.324 e. The van der Waals surface area contributed by atoms with Crippen molar-refractivity contribution in [3.05, 3.63) is 102 Å². The molecule has 5 aromatic rings. The number of fused-ring (bicyclic) bond motifs is 1. The van der Waals surface area contributed by atoms with E-state index in [2.05, 4.69) is 41.7 Å². The van der Waals surface area contributed by atoms with Gasteiger partial charge in [0.05, 0.1) is 35.7 Å². The molecule has 5 rings (SSSR count). The molecule has 10 heteroatoms. The predicted molar refractivity (Wildman–Crippen MR) is 175 cm³/mol. The van der Waals surface area contributed by atoms with Crippen LogP contribution in [0.3, 0.4) is 0 Å². The second kappa shape index (κ2) is 13.0. The van der Waals surface area contributed by atoms with E-state index in [1.165, 1.54) is 6.92 Å². The van der Waals surface area contributed by atoms with Gasteiger partial charge in [-0.05, 0) is 44.2 Å². The van der Waals surface area contributed by atoms with Gasteiger partial charge in [0.1, 0.15) is 23.1 Å². The van der Waals surface area contributed by atoms with Gasteiger partial charge in [0.25, 0.3) is 0 Å². The van der Waals surface area contributed by atoms with Gasteiger partial charge in [-0.2, -0.15) is 5.10 Å². The van der Waals surface area contributed by atoms with E-state index in [-0.39, 0.29) is 30.1 Å². The highest BCUT2D eigenvalue weighted by Gasteiger charge is 2.22. The Balaban J connectivity index is 1.35. The number of ether oxygens (including phenoxy) is 1. The van der Waals surface area contributed by atoms with Crippen molar-refractivity contribution in [2.75, 3.05) is 17.2 Å². The van der Waals surface area contributed by atoms with Crippen molar-refractivity contribution in [3.8, 4) is 17.2 Å². The molecule has 2 aromatic heterocycles. The van der Waals surface area contributed by atoms with E-state index >= 15 is 0 Å². The van der Waals surface area contributed by atoms with E-state index in [0.717, 1.165) is 27.7 Å². The lowest BCUT2D eigenvalue weighted by Gasteiger charge is -2.14. The lowest BCUT2D eigenvalue weighted by atomic mass is 9.92. The third kappa shape index (κ3) is 7.72. The van der Waals surface area contributed by atoms with Crippen LogP contribution >= 0.6 is 0 Å². The van der Waals surface area contributed by atoms with E-state index < -0.39 is 6.03 Å². The highest BCUT2D eigenvalue weighted by molar-refractivity contribution is 6.07. The summed E-state index contributed by atoms with van der Waals surface area (Å²) in [6.07, 6.45) is 1.58. The van der Waals surface area contributed by atoms with E-state index in [1.54, 1.807) is 35.1 Å². The molecule has 0 aliphatic carbocycles. The van der Waals surface area contributed by atoms with Gasteiger partial charge in [-0.15, -0.1) is 0 Å². The number of Topliss-reactive ketones (excluding diaryl/α,β-unsaturated/α-hetero) is 1. The zero-order valence-corrected chi connectivity index (χ0v) is 26.0. The molecule has 2 heterocycles. The maximum atomic E-state index is 13.4. The Morgan fingerprint density at radius 1 is 0.889 bits per heavy atom. The Kier molecular flexibility index (Phi) is 8.94. The molecule has 0 aliphatic rings. The minimum absolute atomic E-state index is 0.0171. The number of amides is 3. The Morgan fingerprint density at radius 2 is 1.62 bits per heavy atom. The number of hydrogen-bond acceptors (Lipinski definition) is 6. The first-order chi connectivity index (χ1) is 21.5. The lowest BCUT2D eigenvalue weighted by Crippen LogP contribution is -2.29. The zero-order valence-electron chi connectivity index (χ0n) is 26.0. The molecule has 0 saturated carbocycles. The number of pyridine rings is 1. The largest absolute Gasteiger partial charge is 0.457 e. The average molecular weight is 605 g/mol. The number of ketones is 1. The molecular formula is C35H36N6O4. The standard InChI is InChI=1S/C35H36N6O4/c1-22-10-12-25(13-11-22)41-32(20-31(40-41)35(3,4)5)39-34(44)38-29-14-15-30(28-9-7-6-8-27(28)29)45-26-16-17-36-24(18-26)19-33(43)37-21-23(2)42/h6-18,20H,19,21H2,1-5H3,(H,37,43)(H2,38,39,44). The van der Waals surface area contributed by atoms with Crippen LogP contribution in [0.1, 0.15) is 44.6 Å². The molecule has 0 fully saturated rings. The molecule has 3 N–H and O–H groups in total. The quantitative estimate of drug-likeness (QED) is 0.172. The summed E-state index contributed by atoms with van der Waals surface area (Å²) >= 11 is 0. The molecule has 0 unspecified atom stereocenters. The van der Waals surface area contributed by atoms with Crippen molar-refractivity contribution in [2.45, 2.75) is 46.5 Å². The molecule has 0 spiro atoms. The van der Waals surface area contributed by atoms with Crippen LogP contribution in [0.15, 0.2) is 85.1 Å². The minimum atomic E-state index is -0.413. The number of carbonyl (C=O) groups excluding carboxylic acids is 3. The third-order valence-corrected chi connectivity index (χ3v) is 7.02. The highest BCUT2D eigenvalue weighted by atomic mass is 16.5. The molecule has 0 radical (unpaired) electrons. The third-order valence-electron chi connectivity index (χ3n) is 7.02. The topological polar surface area (TPSA) is 127 Å². The van der Waals surface area contributed by atoms with Crippen molar-refractivity contribution < 1.29 is 19.1 Å². The van der Waals surface area contributed by atoms with Crippen LogP contribution in [-0.2, 0) is 21.4 Å². The monoisotopic (exact) mass is 604 g/mol. The first-order valence-corrected chi connectivity index (χ1v) is 14.6. The second-order valence-corrected chi connectivity index (χ2v) is 11.9. The van der Waals surface area contributed by atoms with E-state index in [1.807, 2.05) is 61.5 Å². The fourth-order valence-electron chi connectivity index (χ4n) is 4.65. The van der Waals surface area contributed by atoms with Crippen molar-refractivity contribution in [2.24, 2.45) is 0 Å².